The Morgan fingerprint density at radius 3 is 2.62 bits per heavy atom. The third kappa shape index (κ3) is 2.60. The van der Waals surface area contributed by atoms with E-state index in [0.29, 0.717) is 5.56 Å². The van der Waals surface area contributed by atoms with Crippen molar-refractivity contribution in [3.63, 3.8) is 0 Å². The number of thiophene rings is 1. The van der Waals surface area contributed by atoms with Crippen molar-refractivity contribution in [2.45, 2.75) is 25.7 Å². The number of nitrogens with zero attached hydrogens (tertiary/aromatic N) is 1. The molecular formula is C20H21NO2S. The average Bonchev–Trinajstić information content (AvgIpc) is 2.93. The highest BCUT2D eigenvalue weighted by molar-refractivity contribution is 7.11. The number of hydrogen-bond acceptors (Lipinski definition) is 3. The summed E-state index contributed by atoms with van der Waals surface area (Å²) >= 11 is 1.61. The molecule has 0 unspecified atom stereocenters. The number of piperidine rings is 1. The Balaban J connectivity index is 1.94. The highest BCUT2D eigenvalue weighted by Gasteiger charge is 2.27. The molecule has 1 N–H and O–H groups in total. The van der Waals surface area contributed by atoms with Crippen molar-refractivity contribution in [2.75, 3.05) is 20.1 Å². The molecule has 1 aromatic carbocycles. The topological polar surface area (TPSA) is 40.5 Å². The fraction of sp³-hybridized carbons (Fsp3) is 0.350. The van der Waals surface area contributed by atoms with Crippen LogP contribution < -0.4 is 0 Å². The monoisotopic (exact) mass is 339 g/mol. The fourth-order valence-corrected chi connectivity index (χ4v) is 5.08. The first-order chi connectivity index (χ1) is 11.6. The average molecular weight is 339 g/mol. The number of fused-ring (bicyclic) bond motifs is 2. The Hall–Kier alpha value is -1.91. The van der Waals surface area contributed by atoms with Crippen LogP contribution in [0.4, 0.5) is 0 Å². The lowest BCUT2D eigenvalue weighted by Crippen LogP contribution is -2.26. The second-order valence-electron chi connectivity index (χ2n) is 6.70. The maximum absolute atomic E-state index is 11.6. The van der Waals surface area contributed by atoms with Crippen molar-refractivity contribution < 1.29 is 9.90 Å². The lowest BCUT2D eigenvalue weighted by Gasteiger charge is -2.27. The molecule has 1 aliphatic heterocycles. The maximum atomic E-state index is 11.6. The predicted octanol–water partition coefficient (Wildman–Crippen LogP) is 4.07. The summed E-state index contributed by atoms with van der Waals surface area (Å²) in [7, 11) is 2.17. The van der Waals surface area contributed by atoms with Gasteiger partial charge in [0.25, 0.3) is 0 Å². The van der Waals surface area contributed by atoms with E-state index < -0.39 is 5.97 Å². The Labute approximate surface area is 146 Å². The van der Waals surface area contributed by atoms with E-state index >= 15 is 0 Å². The molecule has 0 atom stereocenters. The molecule has 1 fully saturated rings. The minimum atomic E-state index is -0.800. The molecule has 2 aliphatic rings. The van der Waals surface area contributed by atoms with Crippen molar-refractivity contribution >= 4 is 22.9 Å². The van der Waals surface area contributed by atoms with Gasteiger partial charge in [0.15, 0.2) is 0 Å². The molecule has 4 heteroatoms. The molecular weight excluding hydrogens is 318 g/mol. The number of hydrogen-bond donors (Lipinski definition) is 1. The van der Waals surface area contributed by atoms with Crippen molar-refractivity contribution in [1.29, 1.82) is 0 Å². The van der Waals surface area contributed by atoms with E-state index in [1.165, 1.54) is 27.2 Å². The zero-order valence-electron chi connectivity index (χ0n) is 13.8. The third-order valence-electron chi connectivity index (χ3n) is 5.23. The molecule has 1 saturated heterocycles. The van der Waals surface area contributed by atoms with Gasteiger partial charge in [0.1, 0.15) is 0 Å². The van der Waals surface area contributed by atoms with E-state index in [0.717, 1.165) is 44.3 Å². The lowest BCUT2D eigenvalue weighted by atomic mass is 9.90. The smallest absolute Gasteiger partial charge is 0.336 e. The predicted molar refractivity (Wildman–Crippen MR) is 97.9 cm³/mol. The summed E-state index contributed by atoms with van der Waals surface area (Å²) in [4.78, 5) is 15.2. The van der Waals surface area contributed by atoms with E-state index in [1.807, 2.05) is 5.38 Å². The summed E-state index contributed by atoms with van der Waals surface area (Å²) in [5.74, 6) is -0.800. The quantitative estimate of drug-likeness (QED) is 0.851. The number of rotatable bonds is 1. The van der Waals surface area contributed by atoms with Crippen LogP contribution in [0.3, 0.4) is 0 Å². The number of aryl methyl sites for hydroxylation is 1. The minimum Gasteiger partial charge on any atom is -0.478 e. The minimum absolute atomic E-state index is 0.494. The normalized spacial score (nSPS) is 18.0. The van der Waals surface area contributed by atoms with Crippen LogP contribution in [0.1, 0.15) is 44.8 Å². The molecule has 1 aromatic heterocycles. The van der Waals surface area contributed by atoms with Gasteiger partial charge in [-0.05, 0) is 55.0 Å². The second-order valence-corrected chi connectivity index (χ2v) is 7.58. The molecule has 0 saturated carbocycles. The highest BCUT2D eigenvalue weighted by atomic mass is 32.1. The molecule has 24 heavy (non-hydrogen) atoms. The van der Waals surface area contributed by atoms with E-state index in [2.05, 4.69) is 36.2 Å². The van der Waals surface area contributed by atoms with Crippen molar-refractivity contribution in [2.24, 2.45) is 0 Å². The zero-order valence-corrected chi connectivity index (χ0v) is 14.7. The second kappa shape index (κ2) is 6.19. The van der Waals surface area contributed by atoms with Crippen LogP contribution >= 0.6 is 11.3 Å². The molecule has 4 rings (SSSR count). The van der Waals surface area contributed by atoms with E-state index in [1.54, 1.807) is 11.3 Å². The summed E-state index contributed by atoms with van der Waals surface area (Å²) < 4.78 is 0. The Kier molecular flexibility index (Phi) is 4.02. The Morgan fingerprint density at radius 1 is 1.12 bits per heavy atom. The number of carboxylic acid groups (broad SMARTS) is 1. The number of benzene rings is 1. The first-order valence-electron chi connectivity index (χ1n) is 8.48. The van der Waals surface area contributed by atoms with Crippen LogP contribution in [0.2, 0.25) is 0 Å². The molecule has 0 spiro atoms. The molecule has 2 heterocycles. The van der Waals surface area contributed by atoms with Crippen LogP contribution in [0.15, 0.2) is 35.2 Å². The van der Waals surface area contributed by atoms with Crippen LogP contribution in [0.25, 0.3) is 5.57 Å². The molecule has 0 amide bonds. The number of carboxylic acids is 1. The van der Waals surface area contributed by atoms with Gasteiger partial charge in [-0.1, -0.05) is 29.8 Å². The zero-order chi connectivity index (χ0) is 16.7. The van der Waals surface area contributed by atoms with Crippen molar-refractivity contribution in [3.8, 4) is 0 Å². The van der Waals surface area contributed by atoms with Gasteiger partial charge < -0.3 is 10.0 Å². The van der Waals surface area contributed by atoms with E-state index in [-0.39, 0.29) is 0 Å². The van der Waals surface area contributed by atoms with Gasteiger partial charge in [-0.2, -0.15) is 0 Å². The van der Waals surface area contributed by atoms with Gasteiger partial charge in [0.2, 0.25) is 0 Å². The molecule has 124 valence electrons. The van der Waals surface area contributed by atoms with Crippen molar-refractivity contribution in [1.82, 2.24) is 4.90 Å². The van der Waals surface area contributed by atoms with Crippen molar-refractivity contribution in [3.05, 3.63) is 62.3 Å². The first-order valence-corrected chi connectivity index (χ1v) is 9.36. The van der Waals surface area contributed by atoms with Crippen LogP contribution in [0, 0.1) is 0 Å². The maximum Gasteiger partial charge on any atom is 0.336 e. The van der Waals surface area contributed by atoms with Gasteiger partial charge in [-0.3, -0.25) is 0 Å². The van der Waals surface area contributed by atoms with Crippen LogP contribution in [-0.2, 0) is 12.8 Å². The Morgan fingerprint density at radius 2 is 1.88 bits per heavy atom. The highest BCUT2D eigenvalue weighted by Crippen LogP contribution is 2.42. The summed E-state index contributed by atoms with van der Waals surface area (Å²) in [5, 5.41) is 11.4. The van der Waals surface area contributed by atoms with Gasteiger partial charge in [0, 0.05) is 23.3 Å². The summed E-state index contributed by atoms with van der Waals surface area (Å²) in [6.45, 7) is 2.15. The summed E-state index contributed by atoms with van der Waals surface area (Å²) in [6.07, 6.45) is 3.87. The van der Waals surface area contributed by atoms with E-state index in [9.17, 15) is 9.90 Å². The molecule has 0 radical (unpaired) electrons. The van der Waals surface area contributed by atoms with Gasteiger partial charge in [-0.25, -0.2) is 4.79 Å². The molecule has 3 nitrogen and oxygen atoms in total. The molecule has 0 bridgehead atoms. The van der Waals surface area contributed by atoms with E-state index in [4.69, 9.17) is 0 Å². The van der Waals surface area contributed by atoms with Gasteiger partial charge in [-0.15, -0.1) is 11.3 Å². The molecule has 1 aliphatic carbocycles. The van der Waals surface area contributed by atoms with Gasteiger partial charge in [0.05, 0.1) is 5.56 Å². The number of aromatic carboxylic acids is 1. The number of likely N-dealkylation sites (tertiary alicyclic amines) is 1. The van der Waals surface area contributed by atoms with Gasteiger partial charge >= 0.3 is 5.97 Å². The Bertz CT molecular complexity index is 824. The third-order valence-corrected chi connectivity index (χ3v) is 6.27. The van der Waals surface area contributed by atoms with Crippen LogP contribution in [0.5, 0.6) is 0 Å². The first kappa shape index (κ1) is 15.6. The SMILES string of the molecule is CN1CCC(=C2c3ccccc3CCc3c(C(=O)O)csc32)CC1. The van der Waals surface area contributed by atoms with Crippen LogP contribution in [-0.4, -0.2) is 36.1 Å². The fourth-order valence-electron chi connectivity index (χ4n) is 3.87. The summed E-state index contributed by atoms with van der Waals surface area (Å²) in [5.41, 5.74) is 7.00. The lowest BCUT2D eigenvalue weighted by molar-refractivity contribution is 0.0696. The standard InChI is InChI=1S/C20H21NO2S/c1-21-10-8-14(9-11-21)18-15-5-3-2-4-13(15)6-7-16-17(20(22)23)12-24-19(16)18/h2-5,12H,6-11H2,1H3,(H,22,23). The summed E-state index contributed by atoms with van der Waals surface area (Å²) in [6, 6.07) is 8.60. The number of carbonyl (C=O) groups is 1. The largest absolute Gasteiger partial charge is 0.478 e. The molecule has 2 aromatic rings.